The molecule has 1 rings (SSSR count). The molecule has 0 saturated carbocycles. The molecule has 0 aliphatic rings. The van der Waals surface area contributed by atoms with Crippen LogP contribution in [0.2, 0.25) is 0 Å². The van der Waals surface area contributed by atoms with E-state index in [1.807, 2.05) is 0 Å². The van der Waals surface area contributed by atoms with Crippen LogP contribution in [0.3, 0.4) is 0 Å². The fourth-order valence-electron chi connectivity index (χ4n) is 1.22. The van der Waals surface area contributed by atoms with Crippen LogP contribution >= 0.6 is 0 Å². The first kappa shape index (κ1) is 13.6. The minimum absolute atomic E-state index is 0.0188. The van der Waals surface area contributed by atoms with Gasteiger partial charge in [0.2, 0.25) is 0 Å². The van der Waals surface area contributed by atoms with Crippen molar-refractivity contribution in [1.29, 1.82) is 0 Å². The molecule has 0 aliphatic heterocycles. The molecule has 0 atom stereocenters. The van der Waals surface area contributed by atoms with Crippen molar-refractivity contribution in [2.45, 2.75) is 6.92 Å². The van der Waals surface area contributed by atoms with E-state index in [0.717, 1.165) is 5.56 Å². The summed E-state index contributed by atoms with van der Waals surface area (Å²) in [5.41, 5.74) is 0.834. The average molecular weight is 247 g/mol. The molecule has 0 heterocycles. The second-order valence-electron chi connectivity index (χ2n) is 3.58. The molecule has 1 aromatic carbocycles. The monoisotopic (exact) mass is 247 g/mol. The minimum atomic E-state index is -0.761. The van der Waals surface area contributed by atoms with Crippen molar-refractivity contribution < 1.29 is 19.4 Å². The summed E-state index contributed by atoms with van der Waals surface area (Å²) in [5, 5.41) is 11.9. The molecule has 1 amide bonds. The Hall–Kier alpha value is -2.48. The summed E-state index contributed by atoms with van der Waals surface area (Å²) in [6.07, 6.45) is 4.95. The summed E-state index contributed by atoms with van der Waals surface area (Å²) in [4.78, 5) is 22.7. The van der Waals surface area contributed by atoms with Crippen LogP contribution in [-0.4, -0.2) is 30.1 Å². The number of rotatable bonds is 4. The highest BCUT2D eigenvalue weighted by Gasteiger charge is 2.13. The van der Waals surface area contributed by atoms with E-state index in [9.17, 15) is 14.7 Å². The Balaban J connectivity index is 2.56. The summed E-state index contributed by atoms with van der Waals surface area (Å²) >= 11 is 0. The lowest BCUT2D eigenvalue weighted by Gasteiger charge is -2.06. The molecule has 5 nitrogen and oxygen atoms in total. The number of hydrogen-bond acceptors (Lipinski definition) is 4. The predicted molar refractivity (Wildman–Crippen MR) is 65.0 cm³/mol. The van der Waals surface area contributed by atoms with Crippen molar-refractivity contribution >= 4 is 11.9 Å². The Kier molecular flexibility index (Phi) is 4.76. The van der Waals surface area contributed by atoms with Gasteiger partial charge in [-0.25, -0.2) is 4.79 Å². The molecule has 0 spiro atoms. The number of phenols is 1. The number of nitrogens with one attached hydrogen (secondary N) is 1. The fraction of sp³-hybridized carbons (Fsp3) is 0.231. The summed E-state index contributed by atoms with van der Waals surface area (Å²) in [5.74, 6) is 0.791. The van der Waals surface area contributed by atoms with Gasteiger partial charge in [-0.3, -0.25) is 4.79 Å². The number of esters is 1. The number of aromatic hydroxyl groups is 1. The summed E-state index contributed by atoms with van der Waals surface area (Å²) in [6, 6.07) is 4.54. The van der Waals surface area contributed by atoms with E-state index < -0.39 is 18.5 Å². The topological polar surface area (TPSA) is 75.6 Å². The highest BCUT2D eigenvalue weighted by Crippen LogP contribution is 2.19. The molecule has 2 N–H and O–H groups in total. The molecule has 0 unspecified atom stereocenters. The number of benzene rings is 1. The highest BCUT2D eigenvalue weighted by molar-refractivity contribution is 5.93. The van der Waals surface area contributed by atoms with Gasteiger partial charge in [-0.15, -0.1) is 6.42 Å². The van der Waals surface area contributed by atoms with Crippen molar-refractivity contribution in [2.24, 2.45) is 0 Å². The average Bonchev–Trinajstić information content (AvgIpc) is 2.33. The van der Waals surface area contributed by atoms with E-state index >= 15 is 0 Å². The maximum absolute atomic E-state index is 11.6. The molecule has 94 valence electrons. The number of carbonyl (C=O) groups excluding carboxylic acids is 2. The molecular weight excluding hydrogens is 234 g/mol. The minimum Gasteiger partial charge on any atom is -0.507 e. The Morgan fingerprint density at radius 3 is 2.83 bits per heavy atom. The molecule has 0 aromatic heterocycles. The van der Waals surface area contributed by atoms with Crippen LogP contribution in [0.15, 0.2) is 18.2 Å². The van der Waals surface area contributed by atoms with Crippen LogP contribution in [0.4, 0.5) is 0 Å². The van der Waals surface area contributed by atoms with E-state index in [1.54, 1.807) is 13.0 Å². The number of hydrogen-bond donors (Lipinski definition) is 2. The second kappa shape index (κ2) is 6.30. The zero-order chi connectivity index (χ0) is 13.5. The lowest BCUT2D eigenvalue weighted by Crippen LogP contribution is -2.29. The predicted octanol–water partition coefficient (Wildman–Crippen LogP) is 0.607. The van der Waals surface area contributed by atoms with E-state index in [2.05, 4.69) is 11.2 Å². The van der Waals surface area contributed by atoms with Crippen molar-refractivity contribution in [2.75, 3.05) is 13.2 Å². The van der Waals surface area contributed by atoms with Gasteiger partial charge >= 0.3 is 5.97 Å². The molecule has 5 heteroatoms. The molecule has 0 saturated heterocycles. The molecule has 0 aliphatic carbocycles. The van der Waals surface area contributed by atoms with Gasteiger partial charge in [-0.05, 0) is 24.6 Å². The molecular formula is C13H13NO4. The zero-order valence-corrected chi connectivity index (χ0v) is 9.90. The van der Waals surface area contributed by atoms with Gasteiger partial charge in [0, 0.05) is 0 Å². The first-order chi connectivity index (χ1) is 8.54. The zero-order valence-electron chi connectivity index (χ0n) is 9.90. The molecule has 18 heavy (non-hydrogen) atoms. The Morgan fingerprint density at radius 1 is 1.50 bits per heavy atom. The lowest BCUT2D eigenvalue weighted by atomic mass is 10.1. The number of carbonyl (C=O) groups is 2. The van der Waals surface area contributed by atoms with Gasteiger partial charge in [-0.1, -0.05) is 12.0 Å². The molecule has 0 bridgehead atoms. The van der Waals surface area contributed by atoms with Crippen LogP contribution in [0, 0.1) is 19.3 Å². The van der Waals surface area contributed by atoms with Crippen molar-refractivity contribution in [1.82, 2.24) is 5.32 Å². The number of ether oxygens (including phenoxy) is 1. The van der Waals surface area contributed by atoms with Gasteiger partial charge in [-0.2, -0.15) is 0 Å². The van der Waals surface area contributed by atoms with Gasteiger partial charge in [0.25, 0.3) is 5.91 Å². The Labute approximate surface area is 105 Å². The quantitative estimate of drug-likeness (QED) is 0.603. The molecule has 0 fully saturated rings. The van der Waals surface area contributed by atoms with Crippen LogP contribution in [0.5, 0.6) is 5.75 Å². The number of amides is 1. The molecule has 1 aromatic rings. The number of aryl methyl sites for hydroxylation is 1. The third-order valence-electron chi connectivity index (χ3n) is 2.10. The van der Waals surface area contributed by atoms with Gasteiger partial charge in [0.1, 0.15) is 11.3 Å². The maximum atomic E-state index is 11.6. The van der Waals surface area contributed by atoms with Crippen molar-refractivity contribution in [3.63, 3.8) is 0 Å². The van der Waals surface area contributed by atoms with Crippen LogP contribution in [-0.2, 0) is 9.53 Å². The standard InChI is InChI=1S/C13H13NO4/c1-3-6-14-12(16)8-18-13(17)10-5-4-9(2)7-11(10)15/h1,4-5,7,15H,6,8H2,2H3,(H,14,16). The third kappa shape index (κ3) is 3.83. The first-order valence-electron chi connectivity index (χ1n) is 5.21. The second-order valence-corrected chi connectivity index (χ2v) is 3.58. The fourth-order valence-corrected chi connectivity index (χ4v) is 1.22. The van der Waals surface area contributed by atoms with Crippen LogP contribution < -0.4 is 5.32 Å². The Morgan fingerprint density at radius 2 is 2.22 bits per heavy atom. The number of terminal acetylenes is 1. The van der Waals surface area contributed by atoms with E-state index in [1.165, 1.54) is 12.1 Å². The summed E-state index contributed by atoms with van der Waals surface area (Å²) in [7, 11) is 0. The van der Waals surface area contributed by atoms with Crippen molar-refractivity contribution in [3.8, 4) is 18.1 Å². The summed E-state index contributed by atoms with van der Waals surface area (Å²) < 4.78 is 4.73. The summed E-state index contributed by atoms with van der Waals surface area (Å²) in [6.45, 7) is 1.42. The largest absolute Gasteiger partial charge is 0.507 e. The van der Waals surface area contributed by atoms with Gasteiger partial charge in [0.05, 0.1) is 6.54 Å². The van der Waals surface area contributed by atoms with E-state index in [4.69, 9.17) is 11.2 Å². The van der Waals surface area contributed by atoms with Crippen LogP contribution in [0.25, 0.3) is 0 Å². The maximum Gasteiger partial charge on any atom is 0.342 e. The van der Waals surface area contributed by atoms with Gasteiger partial charge < -0.3 is 15.2 Å². The SMILES string of the molecule is C#CCNC(=O)COC(=O)c1ccc(C)cc1O. The molecule has 0 radical (unpaired) electrons. The van der Waals surface area contributed by atoms with Crippen LogP contribution in [0.1, 0.15) is 15.9 Å². The lowest BCUT2D eigenvalue weighted by molar-refractivity contribution is -0.123. The Bertz CT molecular complexity index is 502. The smallest absolute Gasteiger partial charge is 0.342 e. The van der Waals surface area contributed by atoms with Gasteiger partial charge in [0.15, 0.2) is 6.61 Å². The third-order valence-corrected chi connectivity index (χ3v) is 2.10. The highest BCUT2D eigenvalue weighted by atomic mass is 16.5. The van der Waals surface area contributed by atoms with Crippen molar-refractivity contribution in [3.05, 3.63) is 29.3 Å². The normalized spacial score (nSPS) is 9.33. The van der Waals surface area contributed by atoms with E-state index in [0.29, 0.717) is 0 Å². The number of phenolic OH excluding ortho intramolecular Hbond substituents is 1. The van der Waals surface area contributed by atoms with E-state index in [-0.39, 0.29) is 17.9 Å². The first-order valence-corrected chi connectivity index (χ1v) is 5.21.